The highest BCUT2D eigenvalue weighted by atomic mass is 16.5. The van der Waals surface area contributed by atoms with Gasteiger partial charge >= 0.3 is 11.9 Å². The number of esters is 1. The number of hydrogen-bond donors (Lipinski definition) is 2. The van der Waals surface area contributed by atoms with Crippen molar-refractivity contribution in [1.82, 2.24) is 5.32 Å². The second-order valence-electron chi connectivity index (χ2n) is 6.02. The van der Waals surface area contributed by atoms with Crippen molar-refractivity contribution in [2.24, 2.45) is 0 Å². The van der Waals surface area contributed by atoms with E-state index in [2.05, 4.69) is 5.32 Å². The van der Waals surface area contributed by atoms with E-state index in [9.17, 15) is 19.5 Å². The third-order valence-electron chi connectivity index (χ3n) is 4.39. The number of carboxylic acids is 1. The Morgan fingerprint density at radius 2 is 1.58 bits per heavy atom. The summed E-state index contributed by atoms with van der Waals surface area (Å²) < 4.78 is 4.79. The molecule has 0 radical (unpaired) electrons. The number of amides is 1. The van der Waals surface area contributed by atoms with Crippen LogP contribution in [0, 0.1) is 0 Å². The van der Waals surface area contributed by atoms with E-state index in [0.717, 1.165) is 22.3 Å². The van der Waals surface area contributed by atoms with Crippen LogP contribution in [0.2, 0.25) is 0 Å². The zero-order valence-corrected chi connectivity index (χ0v) is 14.3. The highest BCUT2D eigenvalue weighted by Gasteiger charge is 2.35. The van der Waals surface area contributed by atoms with Crippen molar-refractivity contribution in [3.8, 4) is 11.1 Å². The molecule has 6 heteroatoms. The molecule has 6 nitrogen and oxygen atoms in total. The van der Waals surface area contributed by atoms with Crippen LogP contribution in [-0.2, 0) is 19.1 Å². The Hall–Kier alpha value is -3.15. The van der Waals surface area contributed by atoms with Crippen molar-refractivity contribution in [2.75, 3.05) is 6.61 Å². The van der Waals surface area contributed by atoms with Crippen LogP contribution in [0.3, 0.4) is 0 Å². The first-order valence-corrected chi connectivity index (χ1v) is 8.40. The number of aliphatic carboxylic acids is 1. The average Bonchev–Trinajstić information content (AvgIpc) is 2.96. The first-order chi connectivity index (χ1) is 12.5. The van der Waals surface area contributed by atoms with Gasteiger partial charge in [-0.2, -0.15) is 0 Å². The van der Waals surface area contributed by atoms with Crippen molar-refractivity contribution in [3.05, 3.63) is 59.7 Å². The molecule has 1 aliphatic carbocycles. The maximum atomic E-state index is 12.9. The Balaban J connectivity index is 1.87. The number of nitrogens with one attached hydrogen (secondary N) is 1. The minimum atomic E-state index is -1.33. The van der Waals surface area contributed by atoms with Crippen LogP contribution in [0.15, 0.2) is 48.5 Å². The molecule has 0 aromatic heterocycles. The highest BCUT2D eigenvalue weighted by molar-refractivity contribution is 5.98. The van der Waals surface area contributed by atoms with Gasteiger partial charge in [-0.1, -0.05) is 48.5 Å². The standard InChI is InChI=1S/C20H19NO5/c1-2-26-17(22)11-16(20(24)25)21-19(23)18-14-9-5-3-7-12(14)13-8-4-6-10-15(13)18/h3-10,16,18H,2,11H2,1H3,(H,21,23)(H,24,25)/t16-/m0/s1. The molecule has 26 heavy (non-hydrogen) atoms. The second kappa shape index (κ2) is 7.39. The van der Waals surface area contributed by atoms with Crippen LogP contribution in [0.4, 0.5) is 0 Å². The fourth-order valence-corrected chi connectivity index (χ4v) is 3.28. The maximum absolute atomic E-state index is 12.9. The van der Waals surface area contributed by atoms with Crippen molar-refractivity contribution in [2.45, 2.75) is 25.3 Å². The lowest BCUT2D eigenvalue weighted by atomic mass is 9.95. The first kappa shape index (κ1) is 17.7. The molecule has 0 heterocycles. The van der Waals surface area contributed by atoms with Gasteiger partial charge in [0.05, 0.1) is 18.9 Å². The maximum Gasteiger partial charge on any atom is 0.326 e. The average molecular weight is 353 g/mol. The monoisotopic (exact) mass is 353 g/mol. The zero-order valence-electron chi connectivity index (χ0n) is 14.3. The molecule has 0 bridgehead atoms. The summed E-state index contributed by atoms with van der Waals surface area (Å²) >= 11 is 0. The summed E-state index contributed by atoms with van der Waals surface area (Å²) in [5, 5.41) is 11.8. The molecule has 1 aliphatic rings. The normalized spacial score (nSPS) is 13.4. The van der Waals surface area contributed by atoms with Gasteiger partial charge in [0.15, 0.2) is 0 Å². The van der Waals surface area contributed by atoms with Gasteiger partial charge < -0.3 is 15.2 Å². The number of hydrogen-bond acceptors (Lipinski definition) is 4. The third-order valence-corrected chi connectivity index (χ3v) is 4.39. The minimum Gasteiger partial charge on any atom is -0.480 e. The van der Waals surface area contributed by atoms with Crippen molar-refractivity contribution in [1.29, 1.82) is 0 Å². The van der Waals surface area contributed by atoms with E-state index < -0.39 is 36.2 Å². The van der Waals surface area contributed by atoms with Crippen LogP contribution in [0.25, 0.3) is 11.1 Å². The molecule has 2 aromatic carbocycles. The molecule has 2 aromatic rings. The van der Waals surface area contributed by atoms with Gasteiger partial charge in [-0.3, -0.25) is 9.59 Å². The van der Waals surface area contributed by atoms with E-state index in [0.29, 0.717) is 0 Å². The number of carbonyl (C=O) groups is 3. The molecule has 1 amide bonds. The molecule has 0 fully saturated rings. The fraction of sp³-hybridized carbons (Fsp3) is 0.250. The van der Waals surface area contributed by atoms with Crippen molar-refractivity contribution < 1.29 is 24.2 Å². The van der Waals surface area contributed by atoms with Gasteiger partial charge in [0.25, 0.3) is 0 Å². The Morgan fingerprint density at radius 3 is 2.08 bits per heavy atom. The second-order valence-corrected chi connectivity index (χ2v) is 6.02. The van der Waals surface area contributed by atoms with Crippen LogP contribution >= 0.6 is 0 Å². The molecular weight excluding hydrogens is 334 g/mol. The largest absolute Gasteiger partial charge is 0.480 e. The Kier molecular flexibility index (Phi) is 5.02. The van der Waals surface area contributed by atoms with Gasteiger partial charge in [-0.25, -0.2) is 4.79 Å². The molecule has 2 N–H and O–H groups in total. The number of carboxylic acid groups (broad SMARTS) is 1. The van der Waals surface area contributed by atoms with Crippen LogP contribution in [0.5, 0.6) is 0 Å². The van der Waals surface area contributed by atoms with E-state index in [1.54, 1.807) is 6.92 Å². The predicted octanol–water partition coefficient (Wildman–Crippen LogP) is 2.32. The summed E-state index contributed by atoms with van der Waals surface area (Å²) in [5.74, 6) is -2.98. The summed E-state index contributed by atoms with van der Waals surface area (Å²) in [7, 11) is 0. The quantitative estimate of drug-likeness (QED) is 0.778. The summed E-state index contributed by atoms with van der Waals surface area (Å²) in [6, 6.07) is 13.8. The Morgan fingerprint density at radius 1 is 1.04 bits per heavy atom. The fourth-order valence-electron chi connectivity index (χ4n) is 3.28. The van der Waals surface area contributed by atoms with E-state index in [1.807, 2.05) is 48.5 Å². The topological polar surface area (TPSA) is 92.7 Å². The van der Waals surface area contributed by atoms with Crippen LogP contribution < -0.4 is 5.32 Å². The summed E-state index contributed by atoms with van der Waals surface area (Å²) in [4.78, 5) is 36.0. The van der Waals surface area contributed by atoms with E-state index in [1.165, 1.54) is 0 Å². The summed E-state index contributed by atoms with van der Waals surface area (Å²) in [5.41, 5.74) is 3.57. The van der Waals surface area contributed by atoms with Gasteiger partial charge in [0, 0.05) is 0 Å². The number of benzene rings is 2. The van der Waals surface area contributed by atoms with Crippen molar-refractivity contribution in [3.63, 3.8) is 0 Å². The minimum absolute atomic E-state index is 0.155. The van der Waals surface area contributed by atoms with Gasteiger partial charge in [-0.15, -0.1) is 0 Å². The summed E-state index contributed by atoms with van der Waals surface area (Å²) in [6.07, 6.45) is -0.412. The molecule has 0 unspecified atom stereocenters. The van der Waals surface area contributed by atoms with Crippen molar-refractivity contribution >= 4 is 17.8 Å². The smallest absolute Gasteiger partial charge is 0.326 e. The Bertz CT molecular complexity index is 815. The zero-order chi connectivity index (χ0) is 18.7. The Labute approximate surface area is 150 Å². The molecule has 3 rings (SSSR count). The predicted molar refractivity (Wildman–Crippen MR) is 94.5 cm³/mol. The molecule has 134 valence electrons. The van der Waals surface area contributed by atoms with Crippen LogP contribution in [-0.4, -0.2) is 35.6 Å². The molecule has 0 saturated heterocycles. The lowest BCUT2D eigenvalue weighted by Gasteiger charge is -2.18. The molecular formula is C20H19NO5. The van der Waals surface area contributed by atoms with Crippen LogP contribution in [0.1, 0.15) is 30.4 Å². The van der Waals surface area contributed by atoms with Gasteiger partial charge in [0.1, 0.15) is 6.04 Å². The number of carbonyl (C=O) groups excluding carboxylic acids is 2. The van der Waals surface area contributed by atoms with Gasteiger partial charge in [0.2, 0.25) is 5.91 Å². The van der Waals surface area contributed by atoms with Gasteiger partial charge in [-0.05, 0) is 29.2 Å². The lowest BCUT2D eigenvalue weighted by Crippen LogP contribution is -2.44. The summed E-state index contributed by atoms with van der Waals surface area (Å²) in [6.45, 7) is 1.79. The molecule has 1 atom stereocenters. The van der Waals surface area contributed by atoms with E-state index in [4.69, 9.17) is 4.74 Å². The molecule has 0 spiro atoms. The number of rotatable bonds is 6. The SMILES string of the molecule is CCOC(=O)C[C@H](NC(=O)C1c2ccccc2-c2ccccc21)C(=O)O. The highest BCUT2D eigenvalue weighted by Crippen LogP contribution is 2.44. The molecule has 0 saturated carbocycles. The van der Waals surface area contributed by atoms with E-state index in [-0.39, 0.29) is 6.61 Å². The first-order valence-electron chi connectivity index (χ1n) is 8.40. The third kappa shape index (κ3) is 3.31. The number of fused-ring (bicyclic) bond motifs is 3. The van der Waals surface area contributed by atoms with E-state index >= 15 is 0 Å². The number of ether oxygens (including phenoxy) is 1. The molecule has 0 aliphatic heterocycles. The lowest BCUT2D eigenvalue weighted by molar-refractivity contribution is -0.150.